The maximum absolute atomic E-state index is 13.1. The van der Waals surface area contributed by atoms with Crippen molar-refractivity contribution in [3.63, 3.8) is 0 Å². The third kappa shape index (κ3) is 5.64. The Morgan fingerprint density at radius 3 is 2.31 bits per heavy atom. The SMILES string of the molecule is CCc1cc(CC(=O)c2cc(NC(=O)C3C(c4cc(Cl)cc(Cl)c4)C3(Cl)Cl)ccc2Cl)ccc1OC. The first kappa shape index (κ1) is 27.1. The smallest absolute Gasteiger partial charge is 0.231 e. The molecule has 0 heterocycles. The lowest BCUT2D eigenvalue weighted by Crippen LogP contribution is -2.17. The number of benzene rings is 3. The first-order chi connectivity index (χ1) is 17.0. The fraction of sp³-hybridized carbons (Fsp3) is 0.259. The third-order valence-corrected chi connectivity index (χ3v) is 7.91. The zero-order valence-corrected chi connectivity index (χ0v) is 23.2. The molecular weight excluding hydrogens is 564 g/mol. The molecule has 2 unspecified atom stereocenters. The maximum Gasteiger partial charge on any atom is 0.231 e. The van der Waals surface area contributed by atoms with Gasteiger partial charge in [0.15, 0.2) is 5.78 Å². The van der Waals surface area contributed by atoms with E-state index in [1.807, 2.05) is 25.1 Å². The number of ether oxygens (including phenoxy) is 1. The summed E-state index contributed by atoms with van der Waals surface area (Å²) in [5.41, 5.74) is 3.25. The lowest BCUT2D eigenvalue weighted by molar-refractivity contribution is -0.117. The normalized spacial score (nSPS) is 18.0. The number of alkyl halides is 2. The maximum atomic E-state index is 13.1. The van der Waals surface area contributed by atoms with Crippen LogP contribution in [0.15, 0.2) is 54.6 Å². The minimum absolute atomic E-state index is 0.154. The van der Waals surface area contributed by atoms with E-state index in [0.717, 1.165) is 23.3 Å². The molecule has 0 aromatic heterocycles. The average molecular weight is 586 g/mol. The predicted octanol–water partition coefficient (Wildman–Crippen LogP) is 8.17. The van der Waals surface area contributed by atoms with Crippen LogP contribution in [0.3, 0.4) is 0 Å². The Hall–Kier alpha value is -1.95. The second kappa shape index (κ2) is 10.8. The van der Waals surface area contributed by atoms with Crippen LogP contribution in [0.2, 0.25) is 15.1 Å². The molecule has 1 saturated carbocycles. The Morgan fingerprint density at radius 1 is 0.972 bits per heavy atom. The molecule has 188 valence electrons. The quantitative estimate of drug-likeness (QED) is 0.214. The number of amides is 1. The van der Waals surface area contributed by atoms with Gasteiger partial charge in [0.05, 0.1) is 18.1 Å². The molecule has 0 radical (unpaired) electrons. The van der Waals surface area contributed by atoms with E-state index in [4.69, 9.17) is 62.7 Å². The summed E-state index contributed by atoms with van der Waals surface area (Å²) in [6, 6.07) is 15.4. The molecule has 1 N–H and O–H groups in total. The highest BCUT2D eigenvalue weighted by Gasteiger charge is 2.67. The molecule has 4 rings (SSSR count). The molecule has 1 aliphatic carbocycles. The Balaban J connectivity index is 1.50. The van der Waals surface area contributed by atoms with Crippen LogP contribution in [0.4, 0.5) is 5.69 Å². The molecule has 1 amide bonds. The Kier molecular flexibility index (Phi) is 8.13. The number of ketones is 1. The number of hydrogen-bond donors (Lipinski definition) is 1. The summed E-state index contributed by atoms with van der Waals surface area (Å²) in [4.78, 5) is 26.1. The Morgan fingerprint density at radius 2 is 1.67 bits per heavy atom. The summed E-state index contributed by atoms with van der Waals surface area (Å²) < 4.78 is 4.05. The molecule has 0 bridgehead atoms. The fourth-order valence-corrected chi connectivity index (χ4v) is 5.95. The van der Waals surface area contributed by atoms with Gasteiger partial charge in [-0.05, 0) is 65.6 Å². The number of methoxy groups -OCH3 is 1. The number of anilines is 1. The molecule has 3 aromatic rings. The number of halogens is 5. The minimum Gasteiger partial charge on any atom is -0.496 e. The largest absolute Gasteiger partial charge is 0.496 e. The standard InChI is InChI=1S/C27H22Cl5NO3/c1-3-15-8-14(4-7-23(15)36-2)9-22(34)20-13-19(5-6-21(20)30)33-26(35)25-24(27(25,31)32)16-10-17(28)12-18(29)11-16/h4-8,10-13,24-25H,3,9H2,1-2H3,(H,33,35). The monoisotopic (exact) mass is 583 g/mol. The van der Waals surface area contributed by atoms with E-state index in [1.165, 1.54) is 0 Å². The molecule has 0 spiro atoms. The molecule has 0 saturated heterocycles. The van der Waals surface area contributed by atoms with Crippen molar-refractivity contribution < 1.29 is 14.3 Å². The fourth-order valence-electron chi connectivity index (χ4n) is 4.36. The zero-order valence-electron chi connectivity index (χ0n) is 19.4. The highest BCUT2D eigenvalue weighted by Crippen LogP contribution is 2.65. The van der Waals surface area contributed by atoms with Gasteiger partial charge in [-0.25, -0.2) is 0 Å². The second-order valence-electron chi connectivity index (χ2n) is 8.62. The van der Waals surface area contributed by atoms with Gasteiger partial charge in [0.1, 0.15) is 10.1 Å². The lowest BCUT2D eigenvalue weighted by atomic mass is 9.99. The van der Waals surface area contributed by atoms with Crippen molar-refractivity contribution in [2.75, 3.05) is 12.4 Å². The highest BCUT2D eigenvalue weighted by atomic mass is 35.5. The summed E-state index contributed by atoms with van der Waals surface area (Å²) in [5.74, 6) is -0.982. The van der Waals surface area contributed by atoms with Gasteiger partial charge < -0.3 is 10.1 Å². The van der Waals surface area contributed by atoms with Crippen molar-refractivity contribution in [2.45, 2.75) is 30.0 Å². The van der Waals surface area contributed by atoms with Gasteiger partial charge in [0.2, 0.25) is 5.91 Å². The third-order valence-electron chi connectivity index (χ3n) is 6.20. The van der Waals surface area contributed by atoms with E-state index in [2.05, 4.69) is 5.32 Å². The van der Waals surface area contributed by atoms with Crippen LogP contribution in [0.25, 0.3) is 0 Å². The predicted molar refractivity (Wildman–Crippen MR) is 148 cm³/mol. The van der Waals surface area contributed by atoms with E-state index in [0.29, 0.717) is 31.9 Å². The number of rotatable bonds is 8. The zero-order chi connectivity index (χ0) is 26.2. The van der Waals surface area contributed by atoms with Gasteiger partial charge in [0.25, 0.3) is 0 Å². The molecule has 9 heteroatoms. The Bertz CT molecular complexity index is 1320. The van der Waals surface area contributed by atoms with Crippen molar-refractivity contribution >= 4 is 75.4 Å². The van der Waals surface area contributed by atoms with Gasteiger partial charge in [-0.1, -0.05) is 53.9 Å². The van der Waals surface area contributed by atoms with Crippen molar-refractivity contribution in [2.24, 2.45) is 5.92 Å². The summed E-state index contributed by atoms with van der Waals surface area (Å²) in [7, 11) is 1.62. The van der Waals surface area contributed by atoms with Gasteiger partial charge in [-0.3, -0.25) is 9.59 Å². The second-order valence-corrected chi connectivity index (χ2v) is 11.3. The van der Waals surface area contributed by atoms with Gasteiger partial charge >= 0.3 is 0 Å². The summed E-state index contributed by atoms with van der Waals surface area (Å²) in [6.07, 6.45) is 0.931. The Labute approximate surface area is 234 Å². The van der Waals surface area contributed by atoms with Gasteiger partial charge in [0, 0.05) is 33.6 Å². The molecule has 36 heavy (non-hydrogen) atoms. The van der Waals surface area contributed by atoms with Crippen LogP contribution >= 0.6 is 58.0 Å². The molecule has 2 atom stereocenters. The van der Waals surface area contributed by atoms with Gasteiger partial charge in [-0.2, -0.15) is 0 Å². The van der Waals surface area contributed by atoms with E-state index >= 15 is 0 Å². The average Bonchev–Trinajstić information content (AvgIpc) is 3.41. The van der Waals surface area contributed by atoms with Crippen LogP contribution < -0.4 is 10.1 Å². The summed E-state index contributed by atoms with van der Waals surface area (Å²) >= 11 is 31.4. The van der Waals surface area contributed by atoms with Crippen LogP contribution in [0, 0.1) is 5.92 Å². The van der Waals surface area contributed by atoms with E-state index in [1.54, 1.807) is 43.5 Å². The van der Waals surface area contributed by atoms with Crippen LogP contribution in [0.5, 0.6) is 5.75 Å². The van der Waals surface area contributed by atoms with E-state index in [9.17, 15) is 9.59 Å². The van der Waals surface area contributed by atoms with Crippen molar-refractivity contribution in [3.05, 3.63) is 91.9 Å². The number of hydrogen-bond acceptors (Lipinski definition) is 3. The lowest BCUT2D eigenvalue weighted by Gasteiger charge is -2.11. The molecular formula is C27H22Cl5NO3. The molecule has 3 aromatic carbocycles. The number of aryl methyl sites for hydroxylation is 1. The number of carbonyl (C=O) groups is 2. The van der Waals surface area contributed by atoms with Crippen molar-refractivity contribution in [1.29, 1.82) is 0 Å². The van der Waals surface area contributed by atoms with Crippen LogP contribution in [0.1, 0.15) is 39.9 Å². The molecule has 4 nitrogen and oxygen atoms in total. The first-order valence-electron chi connectivity index (χ1n) is 11.2. The van der Waals surface area contributed by atoms with Crippen molar-refractivity contribution in [3.8, 4) is 5.75 Å². The topological polar surface area (TPSA) is 55.4 Å². The summed E-state index contributed by atoms with van der Waals surface area (Å²) in [6.45, 7) is 2.02. The first-order valence-corrected chi connectivity index (χ1v) is 13.1. The van der Waals surface area contributed by atoms with E-state index < -0.39 is 16.2 Å². The molecule has 0 aliphatic heterocycles. The minimum atomic E-state index is -1.31. The highest BCUT2D eigenvalue weighted by molar-refractivity contribution is 6.53. The number of Topliss-reactive ketones (excluding diaryl/α,β-unsaturated/α-hetero) is 1. The molecule has 1 aliphatic rings. The van der Waals surface area contributed by atoms with Gasteiger partial charge in [-0.15, -0.1) is 23.2 Å². The summed E-state index contributed by atoms with van der Waals surface area (Å²) in [5, 5.41) is 3.96. The van der Waals surface area contributed by atoms with E-state index in [-0.39, 0.29) is 18.1 Å². The number of nitrogens with one attached hydrogen (secondary N) is 1. The van der Waals surface area contributed by atoms with Crippen LogP contribution in [-0.2, 0) is 17.6 Å². The number of carbonyl (C=O) groups excluding carboxylic acids is 2. The van der Waals surface area contributed by atoms with Crippen molar-refractivity contribution in [1.82, 2.24) is 0 Å². The molecule has 1 fully saturated rings. The van der Waals surface area contributed by atoms with Crippen LogP contribution in [-0.4, -0.2) is 23.1 Å².